The van der Waals surface area contributed by atoms with Gasteiger partial charge in [0.15, 0.2) is 11.5 Å². The summed E-state index contributed by atoms with van der Waals surface area (Å²) in [5, 5.41) is 2.93. The molecular weight excluding hydrogens is 318 g/mol. The quantitative estimate of drug-likeness (QED) is 0.576. The molecule has 1 N–H and O–H groups in total. The Morgan fingerprint density at radius 1 is 1.08 bits per heavy atom. The highest BCUT2D eigenvalue weighted by Crippen LogP contribution is 2.35. The van der Waals surface area contributed by atoms with Crippen LogP contribution in [0.25, 0.3) is 6.08 Å². The maximum absolute atomic E-state index is 12.0. The summed E-state index contributed by atoms with van der Waals surface area (Å²) < 4.78 is 15.9. The Morgan fingerprint density at radius 2 is 1.80 bits per heavy atom. The van der Waals surface area contributed by atoms with Gasteiger partial charge in [-0.3, -0.25) is 4.79 Å². The molecule has 136 valence electrons. The van der Waals surface area contributed by atoms with Crippen LogP contribution in [0.1, 0.15) is 37.7 Å². The molecule has 0 aromatic heterocycles. The molecule has 0 fully saturated rings. The minimum Gasteiger partial charge on any atom is -0.496 e. The first-order chi connectivity index (χ1) is 12.2. The van der Waals surface area contributed by atoms with Crippen LogP contribution in [0.4, 0.5) is 0 Å². The molecule has 0 heterocycles. The van der Waals surface area contributed by atoms with E-state index in [2.05, 4.69) is 11.4 Å². The van der Waals surface area contributed by atoms with E-state index in [-0.39, 0.29) is 5.91 Å². The molecule has 0 radical (unpaired) electrons. The van der Waals surface area contributed by atoms with Crippen LogP contribution in [0.2, 0.25) is 0 Å². The van der Waals surface area contributed by atoms with Gasteiger partial charge in [-0.05, 0) is 44.2 Å². The lowest BCUT2D eigenvalue weighted by molar-refractivity contribution is -0.116. The molecule has 0 bridgehead atoms. The summed E-state index contributed by atoms with van der Waals surface area (Å²) in [5.41, 5.74) is 2.21. The lowest BCUT2D eigenvalue weighted by Gasteiger charge is -2.13. The van der Waals surface area contributed by atoms with E-state index in [1.807, 2.05) is 0 Å². The molecule has 1 aliphatic carbocycles. The summed E-state index contributed by atoms with van der Waals surface area (Å²) in [6, 6.07) is 3.53. The fraction of sp³-hybridized carbons (Fsp3) is 0.450. The van der Waals surface area contributed by atoms with Crippen molar-refractivity contribution in [2.24, 2.45) is 0 Å². The van der Waals surface area contributed by atoms with Crippen LogP contribution in [-0.2, 0) is 4.79 Å². The molecule has 0 unspecified atom stereocenters. The van der Waals surface area contributed by atoms with Crippen molar-refractivity contribution in [3.63, 3.8) is 0 Å². The van der Waals surface area contributed by atoms with Crippen molar-refractivity contribution in [1.82, 2.24) is 5.32 Å². The predicted molar refractivity (Wildman–Crippen MR) is 99.3 cm³/mol. The highest BCUT2D eigenvalue weighted by molar-refractivity contribution is 5.92. The molecule has 0 saturated heterocycles. The van der Waals surface area contributed by atoms with Crippen LogP contribution in [0.3, 0.4) is 0 Å². The van der Waals surface area contributed by atoms with Gasteiger partial charge in [0.25, 0.3) is 0 Å². The van der Waals surface area contributed by atoms with Crippen LogP contribution in [0.5, 0.6) is 17.2 Å². The Balaban J connectivity index is 1.95. The number of carbonyl (C=O) groups excluding carboxylic acids is 1. The van der Waals surface area contributed by atoms with Crippen molar-refractivity contribution in [2.75, 3.05) is 27.9 Å². The molecule has 5 heteroatoms. The van der Waals surface area contributed by atoms with Gasteiger partial charge in [0.2, 0.25) is 5.91 Å². The van der Waals surface area contributed by atoms with Crippen molar-refractivity contribution in [3.05, 3.63) is 35.4 Å². The third-order valence-corrected chi connectivity index (χ3v) is 4.28. The molecule has 0 spiro atoms. The minimum absolute atomic E-state index is 0.117. The Labute approximate surface area is 149 Å². The number of rotatable bonds is 8. The van der Waals surface area contributed by atoms with Gasteiger partial charge in [0.1, 0.15) is 5.75 Å². The molecule has 0 saturated carbocycles. The summed E-state index contributed by atoms with van der Waals surface area (Å²) in [7, 11) is 4.73. The molecule has 0 atom stereocenters. The van der Waals surface area contributed by atoms with Crippen LogP contribution >= 0.6 is 0 Å². The maximum atomic E-state index is 12.0. The lowest BCUT2D eigenvalue weighted by atomic mass is 9.97. The SMILES string of the molecule is COc1cc(OC)c(OC)cc1/C=C/C(=O)NCCC1=CCCCC1. The highest BCUT2D eigenvalue weighted by Gasteiger charge is 2.10. The zero-order valence-electron chi connectivity index (χ0n) is 15.3. The summed E-state index contributed by atoms with van der Waals surface area (Å²) >= 11 is 0. The van der Waals surface area contributed by atoms with Crippen molar-refractivity contribution in [1.29, 1.82) is 0 Å². The average Bonchev–Trinajstić information content (AvgIpc) is 2.66. The van der Waals surface area contributed by atoms with Gasteiger partial charge in [-0.25, -0.2) is 0 Å². The van der Waals surface area contributed by atoms with Gasteiger partial charge in [-0.15, -0.1) is 0 Å². The summed E-state index contributed by atoms with van der Waals surface area (Å²) in [6.45, 7) is 0.665. The molecule has 1 amide bonds. The van der Waals surface area contributed by atoms with Crippen LogP contribution < -0.4 is 19.5 Å². The number of hydrogen-bond acceptors (Lipinski definition) is 4. The van der Waals surface area contributed by atoms with Crippen molar-refractivity contribution in [2.45, 2.75) is 32.1 Å². The van der Waals surface area contributed by atoms with Gasteiger partial charge in [-0.2, -0.15) is 0 Å². The third-order valence-electron chi connectivity index (χ3n) is 4.28. The summed E-state index contributed by atoms with van der Waals surface area (Å²) in [6.07, 6.45) is 11.3. The first-order valence-electron chi connectivity index (χ1n) is 8.61. The number of allylic oxidation sites excluding steroid dienone is 1. The second-order valence-electron chi connectivity index (χ2n) is 5.93. The maximum Gasteiger partial charge on any atom is 0.244 e. The minimum atomic E-state index is -0.117. The number of hydrogen-bond donors (Lipinski definition) is 1. The van der Waals surface area contributed by atoms with Crippen molar-refractivity contribution >= 4 is 12.0 Å². The van der Waals surface area contributed by atoms with E-state index in [1.165, 1.54) is 30.9 Å². The smallest absolute Gasteiger partial charge is 0.244 e. The molecule has 1 aromatic rings. The van der Waals surface area contributed by atoms with Gasteiger partial charge < -0.3 is 19.5 Å². The number of benzene rings is 1. The standard InChI is InChI=1S/C20H27NO4/c1-23-17-14-19(25-3)18(24-2)13-16(17)9-10-20(22)21-12-11-15-7-5-4-6-8-15/h7,9-10,13-14H,4-6,8,11-12H2,1-3H3,(H,21,22)/b10-9+. The lowest BCUT2D eigenvalue weighted by Crippen LogP contribution is -2.22. The fourth-order valence-corrected chi connectivity index (χ4v) is 2.89. The van der Waals surface area contributed by atoms with E-state index in [0.29, 0.717) is 23.8 Å². The van der Waals surface area contributed by atoms with Crippen molar-refractivity contribution < 1.29 is 19.0 Å². The average molecular weight is 345 g/mol. The number of nitrogens with one attached hydrogen (secondary N) is 1. The Morgan fingerprint density at radius 3 is 2.44 bits per heavy atom. The van der Waals surface area contributed by atoms with Crippen LogP contribution in [0.15, 0.2) is 29.9 Å². The topological polar surface area (TPSA) is 56.8 Å². The highest BCUT2D eigenvalue weighted by atomic mass is 16.5. The van der Waals surface area contributed by atoms with Gasteiger partial charge in [-0.1, -0.05) is 11.6 Å². The van der Waals surface area contributed by atoms with Gasteiger partial charge in [0, 0.05) is 24.3 Å². The largest absolute Gasteiger partial charge is 0.496 e. The second-order valence-corrected chi connectivity index (χ2v) is 5.93. The van der Waals surface area contributed by atoms with E-state index >= 15 is 0 Å². The Kier molecular flexibility index (Phi) is 7.38. The van der Waals surface area contributed by atoms with E-state index in [4.69, 9.17) is 14.2 Å². The number of amides is 1. The summed E-state index contributed by atoms with van der Waals surface area (Å²) in [5.74, 6) is 1.68. The number of methoxy groups -OCH3 is 3. The monoisotopic (exact) mass is 345 g/mol. The first-order valence-corrected chi connectivity index (χ1v) is 8.61. The number of ether oxygens (including phenoxy) is 3. The Hall–Kier alpha value is -2.43. The molecular formula is C20H27NO4. The van der Waals surface area contributed by atoms with Crippen LogP contribution in [-0.4, -0.2) is 33.8 Å². The zero-order valence-corrected chi connectivity index (χ0v) is 15.3. The van der Waals surface area contributed by atoms with E-state index in [1.54, 1.807) is 39.5 Å². The summed E-state index contributed by atoms with van der Waals surface area (Å²) in [4.78, 5) is 12.0. The zero-order chi connectivity index (χ0) is 18.1. The van der Waals surface area contributed by atoms with Gasteiger partial charge in [0.05, 0.1) is 21.3 Å². The normalized spacial score (nSPS) is 14.1. The first kappa shape index (κ1) is 18.9. The molecule has 1 aliphatic rings. The third kappa shape index (κ3) is 5.55. The predicted octanol–water partition coefficient (Wildman–Crippen LogP) is 3.73. The molecule has 25 heavy (non-hydrogen) atoms. The van der Waals surface area contributed by atoms with E-state index in [0.717, 1.165) is 18.4 Å². The van der Waals surface area contributed by atoms with E-state index < -0.39 is 0 Å². The molecule has 5 nitrogen and oxygen atoms in total. The van der Waals surface area contributed by atoms with E-state index in [9.17, 15) is 4.79 Å². The molecule has 0 aliphatic heterocycles. The fourth-order valence-electron chi connectivity index (χ4n) is 2.89. The Bertz CT molecular complexity index is 649. The second kappa shape index (κ2) is 9.77. The van der Waals surface area contributed by atoms with Gasteiger partial charge >= 0.3 is 0 Å². The number of carbonyl (C=O) groups is 1. The molecule has 2 rings (SSSR count). The molecule has 1 aromatic carbocycles. The van der Waals surface area contributed by atoms with Crippen molar-refractivity contribution in [3.8, 4) is 17.2 Å². The van der Waals surface area contributed by atoms with Crippen LogP contribution in [0, 0.1) is 0 Å².